The van der Waals surface area contributed by atoms with Crippen molar-refractivity contribution in [3.63, 3.8) is 0 Å². The number of benzene rings is 1. The zero-order valence-corrected chi connectivity index (χ0v) is 21.2. The number of aryl methyl sites for hydroxylation is 1. The molecule has 1 aliphatic carbocycles. The lowest BCUT2D eigenvalue weighted by atomic mass is 9.93. The molecule has 0 amide bonds. The van der Waals surface area contributed by atoms with Crippen LogP contribution in [0.15, 0.2) is 24.3 Å². The molecule has 5 rings (SSSR count). The average Bonchev–Trinajstić information content (AvgIpc) is 3.48. The Morgan fingerprint density at radius 1 is 1.17 bits per heavy atom. The van der Waals surface area contributed by atoms with Gasteiger partial charge in [0.1, 0.15) is 12.4 Å². The maximum atomic E-state index is 9.23. The molecule has 35 heavy (non-hydrogen) atoms. The molecule has 7 nitrogen and oxygen atoms in total. The van der Waals surface area contributed by atoms with Gasteiger partial charge in [-0.2, -0.15) is 15.2 Å². The number of hydrogen-bond acceptors (Lipinski definition) is 7. The molecule has 3 unspecified atom stereocenters. The Labute approximate surface area is 209 Å². The topological polar surface area (TPSA) is 77.3 Å². The lowest BCUT2D eigenvalue weighted by Crippen LogP contribution is -2.51. The first-order valence-corrected chi connectivity index (χ1v) is 13.3. The first kappa shape index (κ1) is 24.0. The van der Waals surface area contributed by atoms with E-state index in [-0.39, 0.29) is 6.04 Å². The number of hydrogen-bond donors (Lipinski definition) is 1. The Morgan fingerprint density at radius 2 is 2.03 bits per heavy atom. The summed E-state index contributed by atoms with van der Waals surface area (Å²) >= 11 is 0. The van der Waals surface area contributed by atoms with Gasteiger partial charge in [-0.25, -0.2) is 0 Å². The van der Waals surface area contributed by atoms with Gasteiger partial charge in [0.05, 0.1) is 18.2 Å². The van der Waals surface area contributed by atoms with Crippen molar-refractivity contribution in [2.75, 3.05) is 44.7 Å². The molecule has 1 aromatic carbocycles. The first-order valence-electron chi connectivity index (χ1n) is 13.3. The Morgan fingerprint density at radius 3 is 2.80 bits per heavy atom. The molecule has 0 radical (unpaired) electrons. The molecule has 1 aromatic heterocycles. The van der Waals surface area contributed by atoms with Crippen LogP contribution in [0.3, 0.4) is 0 Å². The SMILES string of the molecule is CCc1ccccc1CC1Cc2nc(OCC3CCCN3C)nc(N3CCNC(CC#N)C3)c2C1. The van der Waals surface area contributed by atoms with Crippen LogP contribution in [0.25, 0.3) is 0 Å². The van der Waals surface area contributed by atoms with Gasteiger partial charge in [-0.05, 0) is 69.2 Å². The molecule has 2 fully saturated rings. The molecule has 2 saturated heterocycles. The number of aromatic nitrogens is 2. The fourth-order valence-corrected chi connectivity index (χ4v) is 6.02. The molecule has 3 heterocycles. The predicted molar refractivity (Wildman–Crippen MR) is 138 cm³/mol. The van der Waals surface area contributed by atoms with Gasteiger partial charge in [0.25, 0.3) is 0 Å². The Kier molecular flexibility index (Phi) is 7.50. The maximum Gasteiger partial charge on any atom is 0.318 e. The molecule has 186 valence electrons. The summed E-state index contributed by atoms with van der Waals surface area (Å²) in [6.45, 7) is 6.55. The fraction of sp³-hybridized carbons (Fsp3) is 0.607. The summed E-state index contributed by atoms with van der Waals surface area (Å²) in [5.41, 5.74) is 5.34. The van der Waals surface area contributed by atoms with Crippen LogP contribution in [0.4, 0.5) is 5.82 Å². The average molecular weight is 475 g/mol. The van der Waals surface area contributed by atoms with Gasteiger partial charge >= 0.3 is 6.01 Å². The van der Waals surface area contributed by atoms with E-state index in [9.17, 15) is 5.26 Å². The van der Waals surface area contributed by atoms with Crippen LogP contribution < -0.4 is 15.0 Å². The highest BCUT2D eigenvalue weighted by atomic mass is 16.5. The normalized spacial score (nSPS) is 24.4. The van der Waals surface area contributed by atoms with Crippen molar-refractivity contribution < 1.29 is 4.74 Å². The van der Waals surface area contributed by atoms with E-state index in [0.29, 0.717) is 31.0 Å². The Hall–Kier alpha value is -2.69. The highest BCUT2D eigenvalue weighted by Gasteiger charge is 2.32. The summed E-state index contributed by atoms with van der Waals surface area (Å²) in [5.74, 6) is 1.56. The summed E-state index contributed by atoms with van der Waals surface area (Å²) in [7, 11) is 2.17. The van der Waals surface area contributed by atoms with Gasteiger partial charge in [-0.15, -0.1) is 0 Å². The number of likely N-dealkylation sites (tertiary alicyclic amines) is 1. The molecule has 3 atom stereocenters. The third-order valence-corrected chi connectivity index (χ3v) is 8.00. The Bertz CT molecular complexity index is 1070. The number of fused-ring (bicyclic) bond motifs is 1. The summed E-state index contributed by atoms with van der Waals surface area (Å²) in [5, 5.41) is 12.7. The summed E-state index contributed by atoms with van der Waals surface area (Å²) in [4.78, 5) is 14.7. The van der Waals surface area contributed by atoms with Crippen LogP contribution in [-0.2, 0) is 25.7 Å². The van der Waals surface area contributed by atoms with Crippen LogP contribution in [0.1, 0.15) is 48.6 Å². The molecule has 0 saturated carbocycles. The molecule has 7 heteroatoms. The van der Waals surface area contributed by atoms with E-state index in [4.69, 9.17) is 14.7 Å². The summed E-state index contributed by atoms with van der Waals surface area (Å²) < 4.78 is 6.22. The summed E-state index contributed by atoms with van der Waals surface area (Å²) in [6, 6.07) is 12.3. The highest BCUT2D eigenvalue weighted by Crippen LogP contribution is 2.36. The van der Waals surface area contributed by atoms with E-state index in [1.165, 1.54) is 29.5 Å². The third kappa shape index (κ3) is 5.44. The van der Waals surface area contributed by atoms with Gasteiger partial charge in [-0.3, -0.25) is 0 Å². The number of rotatable bonds is 8. The second-order valence-electron chi connectivity index (χ2n) is 10.4. The van der Waals surface area contributed by atoms with Crippen molar-refractivity contribution in [2.24, 2.45) is 5.92 Å². The molecule has 2 aliphatic heterocycles. The quantitative estimate of drug-likeness (QED) is 0.630. The van der Waals surface area contributed by atoms with E-state index in [1.807, 2.05) is 0 Å². The van der Waals surface area contributed by atoms with Gasteiger partial charge in [0, 0.05) is 37.3 Å². The van der Waals surface area contributed by atoms with Crippen LogP contribution in [0, 0.1) is 17.2 Å². The molecule has 0 bridgehead atoms. The van der Waals surface area contributed by atoms with Crippen molar-refractivity contribution >= 4 is 5.82 Å². The van der Waals surface area contributed by atoms with Crippen LogP contribution in [0.5, 0.6) is 6.01 Å². The van der Waals surface area contributed by atoms with E-state index in [1.54, 1.807) is 0 Å². The van der Waals surface area contributed by atoms with E-state index >= 15 is 0 Å². The second kappa shape index (κ2) is 10.9. The second-order valence-corrected chi connectivity index (χ2v) is 10.4. The standard InChI is InChI=1S/C28H38N6O/c1-3-21-7-4-5-8-22(21)15-20-16-25-26(17-20)31-28(35-19-24-9-6-13-33(24)2)32-27(25)34-14-12-30-23(18-34)10-11-29/h4-5,7-8,20,23-24,30H,3,6,9-10,12-19H2,1-2H3. The molecule has 0 spiro atoms. The van der Waals surface area contributed by atoms with Gasteiger partial charge in [0.15, 0.2) is 0 Å². The lowest BCUT2D eigenvalue weighted by Gasteiger charge is -2.34. The zero-order valence-electron chi connectivity index (χ0n) is 21.2. The minimum Gasteiger partial charge on any atom is -0.462 e. The van der Waals surface area contributed by atoms with Crippen molar-refractivity contribution in [3.05, 3.63) is 46.6 Å². The largest absolute Gasteiger partial charge is 0.462 e. The molecular formula is C28H38N6O. The number of nitriles is 1. The molecule has 2 aromatic rings. The highest BCUT2D eigenvalue weighted by molar-refractivity contribution is 5.53. The number of piperazine rings is 1. The van der Waals surface area contributed by atoms with E-state index in [2.05, 4.69) is 59.4 Å². The first-order chi connectivity index (χ1) is 17.1. The molecular weight excluding hydrogens is 436 g/mol. The minimum absolute atomic E-state index is 0.171. The zero-order chi connectivity index (χ0) is 24.2. The van der Waals surface area contributed by atoms with Gasteiger partial charge in [-0.1, -0.05) is 31.2 Å². The number of nitrogens with one attached hydrogen (secondary N) is 1. The minimum atomic E-state index is 0.171. The number of nitrogens with zero attached hydrogens (tertiary/aromatic N) is 5. The number of likely N-dealkylation sites (N-methyl/N-ethyl adjacent to an activating group) is 1. The van der Waals surface area contributed by atoms with Gasteiger partial charge < -0.3 is 19.9 Å². The monoisotopic (exact) mass is 474 g/mol. The van der Waals surface area contributed by atoms with Crippen molar-refractivity contribution in [1.82, 2.24) is 20.2 Å². The maximum absolute atomic E-state index is 9.23. The van der Waals surface area contributed by atoms with Crippen LogP contribution in [-0.4, -0.2) is 66.8 Å². The van der Waals surface area contributed by atoms with Crippen molar-refractivity contribution in [3.8, 4) is 12.1 Å². The van der Waals surface area contributed by atoms with E-state index in [0.717, 1.165) is 63.4 Å². The Balaban J connectivity index is 1.38. The number of ether oxygens (including phenoxy) is 1. The van der Waals surface area contributed by atoms with E-state index < -0.39 is 0 Å². The van der Waals surface area contributed by atoms with Crippen LogP contribution >= 0.6 is 0 Å². The predicted octanol–water partition coefficient (Wildman–Crippen LogP) is 3.16. The lowest BCUT2D eigenvalue weighted by molar-refractivity contribution is 0.187. The molecule has 1 N–H and O–H groups in total. The fourth-order valence-electron chi connectivity index (χ4n) is 6.02. The van der Waals surface area contributed by atoms with Gasteiger partial charge in [0.2, 0.25) is 0 Å². The molecule has 3 aliphatic rings. The number of anilines is 1. The van der Waals surface area contributed by atoms with Crippen molar-refractivity contribution in [1.29, 1.82) is 5.26 Å². The van der Waals surface area contributed by atoms with Crippen molar-refractivity contribution in [2.45, 2.75) is 64.0 Å². The third-order valence-electron chi connectivity index (χ3n) is 8.00. The van der Waals surface area contributed by atoms with Crippen LogP contribution in [0.2, 0.25) is 0 Å². The smallest absolute Gasteiger partial charge is 0.318 e. The summed E-state index contributed by atoms with van der Waals surface area (Å²) in [6.07, 6.45) is 7.01.